The zero-order valence-electron chi connectivity index (χ0n) is 32.0. The van der Waals surface area contributed by atoms with Crippen molar-refractivity contribution in [2.24, 2.45) is 0 Å². The van der Waals surface area contributed by atoms with Crippen molar-refractivity contribution < 1.29 is 66.5 Å². The van der Waals surface area contributed by atoms with Gasteiger partial charge in [-0.1, -0.05) is 50.6 Å². The van der Waals surface area contributed by atoms with Gasteiger partial charge in [0.15, 0.2) is 0 Å². The van der Waals surface area contributed by atoms with Gasteiger partial charge in [-0.3, -0.25) is 0 Å². The Morgan fingerprint density at radius 3 is 1.14 bits per heavy atom. The van der Waals surface area contributed by atoms with Crippen LogP contribution in [0, 0.1) is 0 Å². The van der Waals surface area contributed by atoms with Gasteiger partial charge in [0.1, 0.15) is 49.4 Å². The number of methoxy groups -OCH3 is 4. The minimum Gasteiger partial charge on any atom is -0.490 e. The SMILES string of the molecule is C=C(COC)C(=O)OCCOc1ccc(-c2cc(OC(=O)C(=C)COC)c(-c3ccc(OCCOC(=O)C(=C)COC)cc3)c(OC(=O)C(=C)COC)c2)cc1. The van der Waals surface area contributed by atoms with Crippen molar-refractivity contribution in [3.05, 3.63) is 109 Å². The molecule has 0 amide bonds. The van der Waals surface area contributed by atoms with Crippen molar-refractivity contribution in [3.8, 4) is 45.3 Å². The maximum Gasteiger partial charge on any atom is 0.341 e. The van der Waals surface area contributed by atoms with E-state index in [2.05, 4.69) is 26.3 Å². The molecule has 0 aromatic heterocycles. The smallest absolute Gasteiger partial charge is 0.341 e. The molecule has 0 atom stereocenters. The molecule has 0 bridgehead atoms. The third-order valence-corrected chi connectivity index (χ3v) is 7.40. The Morgan fingerprint density at radius 1 is 0.446 bits per heavy atom. The highest BCUT2D eigenvalue weighted by Gasteiger charge is 2.23. The molecule has 14 nitrogen and oxygen atoms in total. The Hall–Kier alpha value is -6.06. The van der Waals surface area contributed by atoms with Crippen LogP contribution in [0.3, 0.4) is 0 Å². The number of benzene rings is 3. The summed E-state index contributed by atoms with van der Waals surface area (Å²) in [7, 11) is 5.73. The number of ether oxygens (including phenoxy) is 10. The second-order valence-corrected chi connectivity index (χ2v) is 11.8. The van der Waals surface area contributed by atoms with E-state index < -0.39 is 23.9 Å². The monoisotopic (exact) mass is 774 g/mol. The molecule has 0 radical (unpaired) electrons. The van der Waals surface area contributed by atoms with Crippen molar-refractivity contribution in [3.63, 3.8) is 0 Å². The van der Waals surface area contributed by atoms with Crippen molar-refractivity contribution in [2.45, 2.75) is 0 Å². The summed E-state index contributed by atoms with van der Waals surface area (Å²) in [5.74, 6) is -1.71. The van der Waals surface area contributed by atoms with Crippen LogP contribution in [0.1, 0.15) is 0 Å². The molecule has 0 unspecified atom stereocenters. The molecule has 0 spiro atoms. The summed E-state index contributed by atoms with van der Waals surface area (Å²) < 4.78 is 53.4. The summed E-state index contributed by atoms with van der Waals surface area (Å²) in [4.78, 5) is 50.3. The Balaban J connectivity index is 1.96. The number of hydrogen-bond donors (Lipinski definition) is 0. The molecule has 0 aliphatic carbocycles. The van der Waals surface area contributed by atoms with Crippen molar-refractivity contribution >= 4 is 23.9 Å². The number of carbonyl (C=O) groups excluding carboxylic acids is 4. The molecule has 3 aromatic carbocycles. The number of esters is 4. The van der Waals surface area contributed by atoms with Crippen LogP contribution in [0.2, 0.25) is 0 Å². The first-order chi connectivity index (χ1) is 26.9. The van der Waals surface area contributed by atoms with Crippen LogP contribution in [0.25, 0.3) is 22.3 Å². The Labute approximate surface area is 325 Å². The second kappa shape index (κ2) is 23.0. The average Bonchev–Trinajstić information content (AvgIpc) is 3.18. The first-order valence-corrected chi connectivity index (χ1v) is 17.0. The topological polar surface area (TPSA) is 161 Å². The van der Waals surface area contributed by atoms with E-state index in [1.807, 2.05) is 0 Å². The van der Waals surface area contributed by atoms with E-state index in [0.717, 1.165) is 0 Å². The van der Waals surface area contributed by atoms with Gasteiger partial charge in [-0.15, -0.1) is 0 Å². The molecule has 0 aliphatic rings. The molecule has 0 saturated heterocycles. The summed E-state index contributed by atoms with van der Waals surface area (Å²) in [6.45, 7) is 14.8. The van der Waals surface area contributed by atoms with E-state index in [1.54, 1.807) is 60.7 Å². The first kappa shape index (κ1) is 44.3. The van der Waals surface area contributed by atoms with Crippen LogP contribution in [0.4, 0.5) is 0 Å². The maximum absolute atomic E-state index is 13.2. The molecule has 3 rings (SSSR count). The van der Waals surface area contributed by atoms with Gasteiger partial charge in [0.2, 0.25) is 0 Å². The average molecular weight is 775 g/mol. The highest BCUT2D eigenvalue weighted by molar-refractivity contribution is 5.95. The molecule has 298 valence electrons. The molecule has 14 heteroatoms. The Bertz CT molecular complexity index is 1820. The van der Waals surface area contributed by atoms with Gasteiger partial charge in [-0.05, 0) is 53.1 Å². The van der Waals surface area contributed by atoms with Gasteiger partial charge in [0.05, 0.1) is 54.3 Å². The molecule has 0 saturated carbocycles. The summed E-state index contributed by atoms with van der Waals surface area (Å²) >= 11 is 0. The third kappa shape index (κ3) is 13.7. The largest absolute Gasteiger partial charge is 0.490 e. The number of carbonyl (C=O) groups is 4. The quantitative estimate of drug-likeness (QED) is 0.0487. The van der Waals surface area contributed by atoms with Crippen LogP contribution >= 0.6 is 0 Å². The standard InChI is InChI=1S/C42H46O14/c1-27(23-47-5)39(43)53-19-17-51-34-13-9-31(10-14-34)33-21-36(55-41(45)29(3)25-49-7)38(37(22-33)56-42(46)30(4)26-50-8)32-11-15-35(16-12-32)52-18-20-54-40(44)28(2)24-48-6/h9-16,21-22H,1-4,17-20,23-26H2,5-8H3. The van der Waals surface area contributed by atoms with Crippen LogP contribution in [0.15, 0.2) is 109 Å². The molecule has 3 aromatic rings. The van der Waals surface area contributed by atoms with Gasteiger partial charge >= 0.3 is 23.9 Å². The highest BCUT2D eigenvalue weighted by Crippen LogP contribution is 2.43. The van der Waals surface area contributed by atoms with E-state index in [1.165, 1.54) is 28.4 Å². The normalized spacial score (nSPS) is 10.5. The van der Waals surface area contributed by atoms with Crippen LogP contribution in [0.5, 0.6) is 23.0 Å². The van der Waals surface area contributed by atoms with Gasteiger partial charge in [0, 0.05) is 28.4 Å². The fourth-order valence-electron chi connectivity index (χ4n) is 4.73. The van der Waals surface area contributed by atoms with Gasteiger partial charge < -0.3 is 47.4 Å². The molecule has 0 heterocycles. The fraction of sp³-hybridized carbons (Fsp3) is 0.286. The number of hydrogen-bond acceptors (Lipinski definition) is 14. The van der Waals surface area contributed by atoms with Gasteiger partial charge in [0.25, 0.3) is 0 Å². The predicted molar refractivity (Wildman–Crippen MR) is 206 cm³/mol. The minimum atomic E-state index is -0.774. The third-order valence-electron chi connectivity index (χ3n) is 7.40. The van der Waals surface area contributed by atoms with E-state index in [-0.39, 0.29) is 92.2 Å². The summed E-state index contributed by atoms with van der Waals surface area (Å²) in [6.07, 6.45) is 0. The summed E-state index contributed by atoms with van der Waals surface area (Å²) in [6, 6.07) is 16.8. The molecular formula is C42H46O14. The van der Waals surface area contributed by atoms with Crippen molar-refractivity contribution in [1.82, 2.24) is 0 Å². The van der Waals surface area contributed by atoms with Gasteiger partial charge in [-0.2, -0.15) is 0 Å². The summed E-state index contributed by atoms with van der Waals surface area (Å²) in [5.41, 5.74) is 2.34. The maximum atomic E-state index is 13.2. The highest BCUT2D eigenvalue weighted by atomic mass is 16.6. The Morgan fingerprint density at radius 2 is 0.786 bits per heavy atom. The van der Waals surface area contributed by atoms with E-state index in [9.17, 15) is 19.2 Å². The van der Waals surface area contributed by atoms with Crippen molar-refractivity contribution in [1.29, 1.82) is 0 Å². The molecular weight excluding hydrogens is 728 g/mol. The minimum absolute atomic E-state index is 0.00863. The fourth-order valence-corrected chi connectivity index (χ4v) is 4.73. The zero-order valence-corrected chi connectivity index (χ0v) is 32.0. The molecule has 56 heavy (non-hydrogen) atoms. The Kier molecular flexibility index (Phi) is 18.2. The molecule has 0 fully saturated rings. The second-order valence-electron chi connectivity index (χ2n) is 11.8. The number of rotatable bonds is 24. The predicted octanol–water partition coefficient (Wildman–Crippen LogP) is 5.49. The first-order valence-electron chi connectivity index (χ1n) is 17.0. The van der Waals surface area contributed by atoms with Crippen LogP contribution in [-0.4, -0.2) is 105 Å². The van der Waals surface area contributed by atoms with Crippen LogP contribution < -0.4 is 18.9 Å². The molecule has 0 aliphatic heterocycles. The van der Waals surface area contributed by atoms with E-state index >= 15 is 0 Å². The zero-order chi connectivity index (χ0) is 41.0. The lowest BCUT2D eigenvalue weighted by atomic mass is 9.97. The van der Waals surface area contributed by atoms with E-state index in [0.29, 0.717) is 28.2 Å². The lowest BCUT2D eigenvalue weighted by Crippen LogP contribution is -2.16. The van der Waals surface area contributed by atoms with Gasteiger partial charge in [-0.25, -0.2) is 19.2 Å². The van der Waals surface area contributed by atoms with E-state index in [4.69, 9.17) is 47.4 Å². The summed E-state index contributed by atoms with van der Waals surface area (Å²) in [5, 5.41) is 0. The lowest BCUT2D eigenvalue weighted by molar-refractivity contribution is -0.141. The van der Waals surface area contributed by atoms with Crippen molar-refractivity contribution in [2.75, 3.05) is 81.3 Å². The van der Waals surface area contributed by atoms with Crippen LogP contribution in [-0.2, 0) is 47.6 Å². The molecule has 0 N–H and O–H groups in total. The lowest BCUT2D eigenvalue weighted by Gasteiger charge is -2.18.